The van der Waals surface area contributed by atoms with Crippen molar-refractivity contribution >= 4 is 0 Å². The van der Waals surface area contributed by atoms with Crippen molar-refractivity contribution < 1.29 is 14.6 Å². The summed E-state index contributed by atoms with van der Waals surface area (Å²) in [4.78, 5) is 0. The van der Waals surface area contributed by atoms with E-state index in [1.54, 1.807) is 5.56 Å². The predicted molar refractivity (Wildman–Crippen MR) is 115 cm³/mol. The Morgan fingerprint density at radius 1 is 1.17 bits per heavy atom. The number of hydrogen-bond acceptors (Lipinski definition) is 3. The van der Waals surface area contributed by atoms with E-state index in [1.807, 2.05) is 0 Å². The van der Waals surface area contributed by atoms with Crippen molar-refractivity contribution in [2.24, 2.45) is 29.1 Å². The van der Waals surface area contributed by atoms with Gasteiger partial charge in [-0.15, -0.1) is 0 Å². The third-order valence-corrected chi connectivity index (χ3v) is 9.12. The second kappa shape index (κ2) is 7.89. The van der Waals surface area contributed by atoms with E-state index in [0.717, 1.165) is 55.3 Å². The van der Waals surface area contributed by atoms with Crippen molar-refractivity contribution in [2.45, 2.75) is 83.8 Å². The lowest BCUT2D eigenvalue weighted by atomic mass is 9.51. The number of fused-ring (bicyclic) bond motifs is 5. The highest BCUT2D eigenvalue weighted by atomic mass is 16.7. The maximum absolute atomic E-state index is 9.57. The standard InChI is InChI=1S/C26H38O3/c1-17-15-18-16-20(29-24-5-3-4-14-28-24)7-8-21(18)22-10-12-26(2)19(11-13-27)6-9-23(26)25(17)22/h7-8,16-17,19,22-25,27H,3-6,9-15H2,1-2H3/t17-,19-,22?,23?,24?,25?,26-/m1/s1. The first kappa shape index (κ1) is 19.9. The van der Waals surface area contributed by atoms with Crippen molar-refractivity contribution in [3.63, 3.8) is 0 Å². The van der Waals surface area contributed by atoms with Gasteiger partial charge in [-0.1, -0.05) is 19.9 Å². The van der Waals surface area contributed by atoms with Crippen LogP contribution in [0.15, 0.2) is 18.2 Å². The summed E-state index contributed by atoms with van der Waals surface area (Å²) in [6, 6.07) is 6.89. The fraction of sp³-hybridized carbons (Fsp3) is 0.769. The molecule has 0 radical (unpaired) electrons. The molecule has 0 amide bonds. The van der Waals surface area contributed by atoms with Gasteiger partial charge in [0.1, 0.15) is 5.75 Å². The Morgan fingerprint density at radius 3 is 2.86 bits per heavy atom. The Hall–Kier alpha value is -1.06. The van der Waals surface area contributed by atoms with E-state index < -0.39 is 0 Å². The van der Waals surface area contributed by atoms with E-state index in [1.165, 1.54) is 44.1 Å². The molecule has 0 bridgehead atoms. The number of aliphatic hydroxyl groups is 1. The Labute approximate surface area is 176 Å². The fourth-order valence-corrected chi connectivity index (χ4v) is 7.72. The summed E-state index contributed by atoms with van der Waals surface area (Å²) >= 11 is 0. The van der Waals surface area contributed by atoms with Crippen LogP contribution in [0.5, 0.6) is 5.75 Å². The van der Waals surface area contributed by atoms with Crippen molar-refractivity contribution in [3.8, 4) is 5.75 Å². The molecule has 3 heteroatoms. The summed E-state index contributed by atoms with van der Waals surface area (Å²) < 4.78 is 12.0. The van der Waals surface area contributed by atoms with Crippen LogP contribution in [0.1, 0.15) is 82.3 Å². The molecule has 1 heterocycles. The minimum atomic E-state index is -0.0621. The molecule has 1 N–H and O–H groups in total. The largest absolute Gasteiger partial charge is 0.465 e. The van der Waals surface area contributed by atoms with Gasteiger partial charge in [0.25, 0.3) is 0 Å². The average Bonchev–Trinajstić information content (AvgIpc) is 3.05. The Kier molecular flexibility index (Phi) is 5.41. The van der Waals surface area contributed by atoms with E-state index in [-0.39, 0.29) is 6.29 Å². The monoisotopic (exact) mass is 398 g/mol. The first-order valence-electron chi connectivity index (χ1n) is 12.1. The number of ether oxygens (including phenoxy) is 2. The summed E-state index contributed by atoms with van der Waals surface area (Å²) in [5, 5.41) is 9.57. The first-order valence-corrected chi connectivity index (χ1v) is 12.1. The topological polar surface area (TPSA) is 38.7 Å². The molecular formula is C26H38O3. The van der Waals surface area contributed by atoms with Crippen LogP contribution in [-0.2, 0) is 11.2 Å². The number of benzene rings is 1. The Bertz CT molecular complexity index is 725. The van der Waals surface area contributed by atoms with Gasteiger partial charge in [0.05, 0.1) is 6.61 Å². The van der Waals surface area contributed by atoms with Gasteiger partial charge in [-0.3, -0.25) is 0 Å². The lowest BCUT2D eigenvalue weighted by Crippen LogP contribution is -2.45. The maximum atomic E-state index is 9.57. The number of aliphatic hydroxyl groups excluding tert-OH is 1. The van der Waals surface area contributed by atoms with Crippen LogP contribution >= 0.6 is 0 Å². The molecule has 4 aliphatic rings. The van der Waals surface area contributed by atoms with Crippen molar-refractivity contribution in [3.05, 3.63) is 29.3 Å². The highest BCUT2D eigenvalue weighted by molar-refractivity contribution is 5.41. The SMILES string of the molecule is C[C@@H]1Cc2cc(OC3CCCCO3)ccc2C2CC[C@@]3(C)C(CC[C@@H]3CCO)C21. The van der Waals surface area contributed by atoms with Gasteiger partial charge in [-0.05, 0) is 110 Å². The zero-order chi connectivity index (χ0) is 20.0. The lowest BCUT2D eigenvalue weighted by molar-refractivity contribution is -0.105. The Balaban J connectivity index is 1.37. The van der Waals surface area contributed by atoms with Crippen LogP contribution in [0, 0.1) is 29.1 Å². The third-order valence-electron chi connectivity index (χ3n) is 9.12. The average molecular weight is 399 g/mol. The molecule has 3 aliphatic carbocycles. The Morgan fingerprint density at radius 2 is 2.07 bits per heavy atom. The zero-order valence-electron chi connectivity index (χ0n) is 18.2. The molecule has 1 aromatic carbocycles. The van der Waals surface area contributed by atoms with Crippen LogP contribution in [0.25, 0.3) is 0 Å². The molecule has 1 saturated heterocycles. The van der Waals surface area contributed by atoms with Crippen molar-refractivity contribution in [1.82, 2.24) is 0 Å². The first-order chi connectivity index (χ1) is 14.1. The number of rotatable bonds is 4. The second-order valence-electron chi connectivity index (χ2n) is 10.6. The minimum Gasteiger partial charge on any atom is -0.465 e. The molecule has 2 saturated carbocycles. The van der Waals surface area contributed by atoms with Gasteiger partial charge >= 0.3 is 0 Å². The summed E-state index contributed by atoms with van der Waals surface area (Å²) in [5.41, 5.74) is 3.55. The lowest BCUT2D eigenvalue weighted by Gasteiger charge is -2.53. The van der Waals surface area contributed by atoms with Crippen molar-refractivity contribution in [2.75, 3.05) is 13.2 Å². The quantitative estimate of drug-likeness (QED) is 0.708. The van der Waals surface area contributed by atoms with Crippen LogP contribution in [-0.4, -0.2) is 24.6 Å². The van der Waals surface area contributed by atoms with E-state index in [4.69, 9.17) is 9.47 Å². The highest BCUT2D eigenvalue weighted by Crippen LogP contribution is 2.64. The second-order valence-corrected chi connectivity index (χ2v) is 10.6. The summed E-state index contributed by atoms with van der Waals surface area (Å²) in [6.45, 7) is 6.22. The van der Waals surface area contributed by atoms with Crippen LogP contribution in [0.4, 0.5) is 0 Å². The predicted octanol–water partition coefficient (Wildman–Crippen LogP) is 5.69. The molecule has 160 valence electrons. The van der Waals surface area contributed by atoms with E-state index in [9.17, 15) is 5.11 Å². The third kappa shape index (κ3) is 3.43. The fourth-order valence-electron chi connectivity index (χ4n) is 7.72. The van der Waals surface area contributed by atoms with Gasteiger partial charge in [0, 0.05) is 13.0 Å². The summed E-state index contributed by atoms with van der Waals surface area (Å²) in [6.07, 6.45) is 10.8. The smallest absolute Gasteiger partial charge is 0.199 e. The maximum Gasteiger partial charge on any atom is 0.199 e. The van der Waals surface area contributed by atoms with Gasteiger partial charge in [0.2, 0.25) is 0 Å². The van der Waals surface area contributed by atoms with E-state index in [2.05, 4.69) is 32.0 Å². The molecule has 4 unspecified atom stereocenters. The zero-order valence-corrected chi connectivity index (χ0v) is 18.2. The molecule has 5 rings (SSSR count). The van der Waals surface area contributed by atoms with Gasteiger partial charge in [-0.2, -0.15) is 0 Å². The van der Waals surface area contributed by atoms with Crippen molar-refractivity contribution in [1.29, 1.82) is 0 Å². The van der Waals surface area contributed by atoms with E-state index in [0.29, 0.717) is 17.9 Å². The molecule has 3 nitrogen and oxygen atoms in total. The normalized spacial score (nSPS) is 41.3. The molecular weight excluding hydrogens is 360 g/mol. The highest BCUT2D eigenvalue weighted by Gasteiger charge is 2.55. The minimum absolute atomic E-state index is 0.0621. The van der Waals surface area contributed by atoms with Crippen LogP contribution in [0.3, 0.4) is 0 Å². The van der Waals surface area contributed by atoms with Crippen LogP contribution in [0.2, 0.25) is 0 Å². The molecule has 0 aromatic heterocycles. The van der Waals surface area contributed by atoms with Gasteiger partial charge in [0.15, 0.2) is 6.29 Å². The summed E-state index contributed by atoms with van der Waals surface area (Å²) in [5.74, 6) is 4.78. The molecule has 0 spiro atoms. The molecule has 1 aliphatic heterocycles. The molecule has 29 heavy (non-hydrogen) atoms. The molecule has 3 fully saturated rings. The van der Waals surface area contributed by atoms with Gasteiger partial charge in [-0.25, -0.2) is 0 Å². The number of hydrogen-bond donors (Lipinski definition) is 1. The van der Waals surface area contributed by atoms with Gasteiger partial charge < -0.3 is 14.6 Å². The summed E-state index contributed by atoms with van der Waals surface area (Å²) in [7, 11) is 0. The van der Waals surface area contributed by atoms with E-state index >= 15 is 0 Å². The molecule has 1 aromatic rings. The van der Waals surface area contributed by atoms with Crippen LogP contribution < -0.4 is 4.74 Å². The molecule has 7 atom stereocenters.